The largest absolute Gasteiger partial charge is 0.362 e. The van der Waals surface area contributed by atoms with E-state index in [0.29, 0.717) is 0 Å². The molecule has 2 aliphatic rings. The zero-order valence-corrected chi connectivity index (χ0v) is 13.5. The molecule has 3 rings (SSSR count). The van der Waals surface area contributed by atoms with Crippen molar-refractivity contribution in [2.24, 2.45) is 0 Å². The molecule has 23 heavy (non-hydrogen) atoms. The van der Waals surface area contributed by atoms with Gasteiger partial charge in [0.15, 0.2) is 0 Å². The average Bonchev–Trinajstić information content (AvgIpc) is 2.86. The van der Waals surface area contributed by atoms with Crippen LogP contribution in [0.15, 0.2) is 74.3 Å². The van der Waals surface area contributed by atoms with Crippen LogP contribution < -0.4 is 10.6 Å². The van der Waals surface area contributed by atoms with Crippen LogP contribution in [0, 0.1) is 0 Å². The van der Waals surface area contributed by atoms with Crippen LogP contribution in [-0.4, -0.2) is 10.9 Å². The normalized spacial score (nSPS) is 20.1. The number of allylic oxidation sites excluding steroid dienone is 2. The molecular formula is C20H23N3. The van der Waals surface area contributed by atoms with Gasteiger partial charge in [-0.1, -0.05) is 45.0 Å². The molecule has 0 amide bonds. The zero-order valence-electron chi connectivity index (χ0n) is 13.5. The monoisotopic (exact) mass is 305 g/mol. The van der Waals surface area contributed by atoms with Crippen molar-refractivity contribution >= 4 is 11.4 Å². The average molecular weight is 305 g/mol. The first kappa shape index (κ1) is 15.2. The number of anilines is 1. The number of hydrogen-bond donors (Lipinski definition) is 2. The van der Waals surface area contributed by atoms with Crippen molar-refractivity contribution in [3.63, 3.8) is 0 Å². The molecule has 0 radical (unpaired) electrons. The van der Waals surface area contributed by atoms with Gasteiger partial charge in [0.05, 0.1) is 6.04 Å². The Morgan fingerprint density at radius 2 is 2.09 bits per heavy atom. The minimum Gasteiger partial charge on any atom is -0.362 e. The van der Waals surface area contributed by atoms with Gasteiger partial charge in [-0.25, -0.2) is 0 Å². The molecule has 0 saturated carbocycles. The lowest BCUT2D eigenvalue weighted by Crippen LogP contribution is -2.39. The van der Waals surface area contributed by atoms with Gasteiger partial charge in [-0.05, 0) is 25.0 Å². The fraction of sp³-hybridized carbons (Fsp3) is 0.200. The van der Waals surface area contributed by atoms with E-state index in [-0.39, 0.29) is 6.04 Å². The Morgan fingerprint density at radius 1 is 1.30 bits per heavy atom. The Balaban J connectivity index is 1.88. The summed E-state index contributed by atoms with van der Waals surface area (Å²) in [5.74, 6) is 0. The minimum absolute atomic E-state index is 0.246. The lowest BCUT2D eigenvalue weighted by Gasteiger charge is -2.36. The van der Waals surface area contributed by atoms with Crippen LogP contribution in [0.2, 0.25) is 0 Å². The van der Waals surface area contributed by atoms with Gasteiger partial charge < -0.3 is 15.5 Å². The number of nitrogens with zero attached hydrogens (tertiary/aromatic N) is 1. The maximum Gasteiger partial charge on any atom is 0.0693 e. The van der Waals surface area contributed by atoms with Crippen molar-refractivity contribution in [1.82, 2.24) is 10.2 Å². The van der Waals surface area contributed by atoms with E-state index in [4.69, 9.17) is 0 Å². The van der Waals surface area contributed by atoms with Crippen LogP contribution in [0.3, 0.4) is 0 Å². The molecule has 1 fully saturated rings. The fourth-order valence-corrected chi connectivity index (χ4v) is 3.29. The van der Waals surface area contributed by atoms with Crippen molar-refractivity contribution in [3.05, 3.63) is 85.4 Å². The quantitative estimate of drug-likeness (QED) is 0.809. The highest BCUT2D eigenvalue weighted by molar-refractivity contribution is 5.76. The highest BCUT2D eigenvalue weighted by atomic mass is 15.2. The maximum atomic E-state index is 4.31. The SMILES string of the molecule is C=CC(=C)Nc1cccc2c1CN(C1CCC(=C)NC1=C)C2=C. The highest BCUT2D eigenvalue weighted by Crippen LogP contribution is 2.40. The highest BCUT2D eigenvalue weighted by Gasteiger charge is 2.33. The molecule has 1 aromatic rings. The van der Waals surface area contributed by atoms with E-state index in [1.807, 2.05) is 6.07 Å². The molecule has 118 valence electrons. The number of rotatable bonds is 4. The van der Waals surface area contributed by atoms with Gasteiger partial charge in [0.25, 0.3) is 0 Å². The van der Waals surface area contributed by atoms with Crippen LogP contribution in [0.1, 0.15) is 24.0 Å². The second kappa shape index (κ2) is 5.84. The molecule has 1 atom stereocenters. The predicted octanol–water partition coefficient (Wildman–Crippen LogP) is 4.36. The maximum absolute atomic E-state index is 4.31. The predicted molar refractivity (Wildman–Crippen MR) is 98.4 cm³/mol. The van der Waals surface area contributed by atoms with Gasteiger partial charge in [-0.2, -0.15) is 0 Å². The molecule has 1 saturated heterocycles. The lowest BCUT2D eigenvalue weighted by molar-refractivity contribution is 0.297. The second-order valence-corrected chi connectivity index (χ2v) is 6.07. The van der Waals surface area contributed by atoms with Gasteiger partial charge in [-0.3, -0.25) is 0 Å². The first-order valence-electron chi connectivity index (χ1n) is 7.81. The first-order chi connectivity index (χ1) is 11.0. The van der Waals surface area contributed by atoms with Gasteiger partial charge in [-0.15, -0.1) is 0 Å². The summed E-state index contributed by atoms with van der Waals surface area (Å²) >= 11 is 0. The summed E-state index contributed by atoms with van der Waals surface area (Å²) in [5.41, 5.74) is 7.38. The van der Waals surface area contributed by atoms with E-state index in [0.717, 1.165) is 47.9 Å². The van der Waals surface area contributed by atoms with Gasteiger partial charge in [0.2, 0.25) is 0 Å². The van der Waals surface area contributed by atoms with E-state index in [9.17, 15) is 0 Å². The summed E-state index contributed by atoms with van der Waals surface area (Å²) in [6, 6.07) is 6.48. The third kappa shape index (κ3) is 2.70. The lowest BCUT2D eigenvalue weighted by atomic mass is 10.0. The van der Waals surface area contributed by atoms with Crippen molar-refractivity contribution in [2.45, 2.75) is 25.4 Å². The Labute approximate surface area is 138 Å². The number of piperidine rings is 1. The Hall–Kier alpha value is -2.68. The minimum atomic E-state index is 0.246. The van der Waals surface area contributed by atoms with Gasteiger partial charge in [0.1, 0.15) is 0 Å². The number of fused-ring (bicyclic) bond motifs is 1. The van der Waals surface area contributed by atoms with Crippen LogP contribution in [0.5, 0.6) is 0 Å². The molecule has 0 bridgehead atoms. The first-order valence-corrected chi connectivity index (χ1v) is 7.81. The summed E-state index contributed by atoms with van der Waals surface area (Å²) in [6.07, 6.45) is 3.70. The van der Waals surface area contributed by atoms with E-state index < -0.39 is 0 Å². The van der Waals surface area contributed by atoms with E-state index in [1.54, 1.807) is 6.08 Å². The van der Waals surface area contributed by atoms with E-state index in [1.165, 1.54) is 11.1 Å². The molecule has 1 unspecified atom stereocenters. The Kier molecular flexibility index (Phi) is 3.87. The molecule has 0 aliphatic carbocycles. The molecule has 3 heteroatoms. The van der Waals surface area contributed by atoms with Crippen molar-refractivity contribution in [1.29, 1.82) is 0 Å². The summed E-state index contributed by atoms with van der Waals surface area (Å²) in [4.78, 5) is 2.33. The molecule has 2 heterocycles. The van der Waals surface area contributed by atoms with Crippen LogP contribution in [-0.2, 0) is 6.54 Å². The summed E-state index contributed by atoms with van der Waals surface area (Å²) in [7, 11) is 0. The van der Waals surface area contributed by atoms with Crippen molar-refractivity contribution in [2.75, 3.05) is 5.32 Å². The molecule has 1 aromatic carbocycles. The van der Waals surface area contributed by atoms with Gasteiger partial charge >= 0.3 is 0 Å². The van der Waals surface area contributed by atoms with E-state index in [2.05, 4.69) is 60.6 Å². The third-order valence-electron chi connectivity index (χ3n) is 4.54. The summed E-state index contributed by atoms with van der Waals surface area (Å²) < 4.78 is 0. The number of hydrogen-bond acceptors (Lipinski definition) is 3. The van der Waals surface area contributed by atoms with E-state index >= 15 is 0 Å². The second-order valence-electron chi connectivity index (χ2n) is 6.07. The molecule has 0 spiro atoms. The van der Waals surface area contributed by atoms with Crippen molar-refractivity contribution < 1.29 is 0 Å². The Bertz CT molecular complexity index is 726. The fourth-order valence-electron chi connectivity index (χ4n) is 3.29. The van der Waals surface area contributed by atoms with Crippen LogP contribution in [0.25, 0.3) is 5.70 Å². The number of benzene rings is 1. The molecule has 2 N–H and O–H groups in total. The summed E-state index contributed by atoms with van der Waals surface area (Å²) in [6.45, 7) is 21.0. The molecule has 3 nitrogen and oxygen atoms in total. The molecular weight excluding hydrogens is 282 g/mol. The standard InChI is InChI=1S/C20H23N3/c1-6-13(2)22-19-9-7-8-17-16(5)23(12-18(17)19)20-11-10-14(3)21-15(20)4/h6-9,20-22H,1-5,10-12H2. The van der Waals surface area contributed by atoms with Crippen LogP contribution in [0.4, 0.5) is 5.69 Å². The third-order valence-corrected chi connectivity index (χ3v) is 4.54. The van der Waals surface area contributed by atoms with Crippen molar-refractivity contribution in [3.8, 4) is 0 Å². The zero-order chi connectivity index (χ0) is 16.6. The smallest absolute Gasteiger partial charge is 0.0693 e. The number of nitrogens with one attached hydrogen (secondary N) is 2. The van der Waals surface area contributed by atoms with Crippen LogP contribution >= 0.6 is 0 Å². The summed E-state index contributed by atoms with van der Waals surface area (Å²) in [5, 5.41) is 6.62. The topological polar surface area (TPSA) is 27.3 Å². The Morgan fingerprint density at radius 3 is 2.78 bits per heavy atom. The van der Waals surface area contributed by atoms with Gasteiger partial charge in [0, 0.05) is 46.1 Å². The molecule has 0 aromatic heterocycles. The molecule has 2 aliphatic heterocycles.